The molecule has 0 saturated carbocycles. The average molecular weight is 396 g/mol. The molecule has 3 aromatic rings. The number of aromatic nitrogens is 1. The molecule has 3 rings (SSSR count). The molecule has 8 heteroatoms. The summed E-state index contributed by atoms with van der Waals surface area (Å²) in [5.74, 6) is -2.69. The molecule has 0 fully saturated rings. The van der Waals surface area contributed by atoms with E-state index in [1.54, 1.807) is 0 Å². The first-order chi connectivity index (χ1) is 13.9. The maximum atomic E-state index is 12.3. The highest BCUT2D eigenvalue weighted by Gasteiger charge is 2.24. The lowest BCUT2D eigenvalue weighted by molar-refractivity contribution is -0.147. The Morgan fingerprint density at radius 2 is 1.69 bits per heavy atom. The fraction of sp³-hybridized carbons (Fsp3) is 0.190. The van der Waals surface area contributed by atoms with E-state index in [1.165, 1.54) is 0 Å². The number of aliphatic hydroxyl groups is 1. The second kappa shape index (κ2) is 9.03. The Labute approximate surface area is 166 Å². The fourth-order valence-corrected chi connectivity index (χ4v) is 2.94. The van der Waals surface area contributed by atoms with Crippen molar-refractivity contribution in [2.75, 3.05) is 0 Å². The molecule has 1 heterocycles. The van der Waals surface area contributed by atoms with Gasteiger partial charge in [-0.1, -0.05) is 54.6 Å². The molecule has 0 aliphatic rings. The minimum absolute atomic E-state index is 0.193. The molecule has 0 radical (unpaired) electrons. The second-order valence-electron chi connectivity index (χ2n) is 6.58. The van der Waals surface area contributed by atoms with Crippen LogP contribution in [0.3, 0.4) is 0 Å². The number of hydrogen-bond donors (Lipinski definition) is 4. The maximum Gasteiger partial charge on any atom is 0.332 e. The molecule has 29 heavy (non-hydrogen) atoms. The normalized spacial score (nSPS) is 12.9. The number of carboxylic acids is 1. The van der Waals surface area contributed by atoms with Gasteiger partial charge in [-0.2, -0.15) is 0 Å². The van der Waals surface area contributed by atoms with Gasteiger partial charge in [0.2, 0.25) is 5.76 Å². The van der Waals surface area contributed by atoms with E-state index < -0.39 is 29.9 Å². The van der Waals surface area contributed by atoms with Crippen molar-refractivity contribution in [3.8, 4) is 17.0 Å². The molecule has 0 spiro atoms. The molecule has 0 aliphatic heterocycles. The Kier molecular flexibility index (Phi) is 6.25. The van der Waals surface area contributed by atoms with Gasteiger partial charge in [0, 0.05) is 12.5 Å². The average Bonchev–Trinajstić information content (AvgIpc) is 3.15. The van der Waals surface area contributed by atoms with Gasteiger partial charge >= 0.3 is 5.97 Å². The van der Waals surface area contributed by atoms with Gasteiger partial charge in [-0.05, 0) is 28.3 Å². The molecule has 1 amide bonds. The number of benzene rings is 2. The van der Waals surface area contributed by atoms with Gasteiger partial charge in [0.15, 0.2) is 6.10 Å². The van der Waals surface area contributed by atoms with Gasteiger partial charge in [0.05, 0.1) is 6.07 Å². The van der Waals surface area contributed by atoms with Crippen LogP contribution in [0.2, 0.25) is 0 Å². The number of nitrogens with one attached hydrogen (secondary N) is 1. The first kappa shape index (κ1) is 20.1. The molecular weight excluding hydrogens is 376 g/mol. The summed E-state index contributed by atoms with van der Waals surface area (Å²) in [6, 6.07) is 17.8. The molecular formula is C21H20N2O6. The smallest absolute Gasteiger partial charge is 0.332 e. The van der Waals surface area contributed by atoms with Crippen molar-refractivity contribution in [2.24, 2.45) is 0 Å². The van der Waals surface area contributed by atoms with Crippen molar-refractivity contribution in [3.63, 3.8) is 0 Å². The van der Waals surface area contributed by atoms with Crippen molar-refractivity contribution in [2.45, 2.75) is 25.0 Å². The summed E-state index contributed by atoms with van der Waals surface area (Å²) < 4.78 is 4.70. The Morgan fingerprint density at radius 3 is 2.28 bits per heavy atom. The second-order valence-corrected chi connectivity index (χ2v) is 6.58. The number of amides is 1. The molecule has 2 atom stereocenters. The molecule has 2 unspecified atom stereocenters. The number of rotatable bonds is 8. The predicted molar refractivity (Wildman–Crippen MR) is 103 cm³/mol. The van der Waals surface area contributed by atoms with Crippen molar-refractivity contribution >= 4 is 11.9 Å². The summed E-state index contributed by atoms with van der Waals surface area (Å²) in [5.41, 5.74) is 2.95. The molecule has 2 aromatic carbocycles. The van der Waals surface area contributed by atoms with E-state index in [1.807, 2.05) is 54.6 Å². The number of carboxylic acid groups (broad SMARTS) is 1. The van der Waals surface area contributed by atoms with Crippen molar-refractivity contribution in [1.29, 1.82) is 0 Å². The minimum atomic E-state index is -1.63. The Morgan fingerprint density at radius 1 is 1.03 bits per heavy atom. The standard InChI is InChI=1S/C21H20N2O6/c24-17(21(27)28)11-16(22-20(26)18-12-19(25)23-29-18)10-13-6-8-15(9-7-13)14-4-2-1-3-5-14/h1-9,12,16-17,24H,10-11H2,(H,22,26)(H,23,25)(H,27,28). The Bertz CT molecular complexity index is 968. The van der Waals surface area contributed by atoms with Gasteiger partial charge in [-0.3, -0.25) is 4.79 Å². The third-order valence-electron chi connectivity index (χ3n) is 4.39. The molecule has 150 valence electrons. The number of hydrogen-bond acceptors (Lipinski definition) is 6. The maximum absolute atomic E-state index is 12.3. The van der Waals surface area contributed by atoms with E-state index in [-0.39, 0.29) is 12.2 Å². The van der Waals surface area contributed by atoms with Gasteiger partial charge in [-0.25, -0.2) is 4.79 Å². The molecule has 4 N–H and O–H groups in total. The third kappa shape index (κ3) is 5.43. The topological polar surface area (TPSA) is 133 Å². The first-order valence-corrected chi connectivity index (χ1v) is 8.94. The monoisotopic (exact) mass is 396 g/mol. The van der Waals surface area contributed by atoms with Crippen molar-refractivity contribution < 1.29 is 29.4 Å². The first-order valence-electron chi connectivity index (χ1n) is 8.94. The lowest BCUT2D eigenvalue weighted by atomic mass is 9.97. The largest absolute Gasteiger partial charge is 0.491 e. The van der Waals surface area contributed by atoms with Crippen LogP contribution in [-0.4, -0.2) is 44.5 Å². The van der Waals surface area contributed by atoms with E-state index in [2.05, 4.69) is 10.5 Å². The number of aliphatic carboxylic acids is 1. The molecule has 0 aliphatic carbocycles. The van der Waals surface area contributed by atoms with Crippen LogP contribution in [0.15, 0.2) is 65.2 Å². The summed E-state index contributed by atoms with van der Waals surface area (Å²) in [6.07, 6.45) is -1.53. The summed E-state index contributed by atoms with van der Waals surface area (Å²) in [4.78, 5) is 23.3. The molecule has 1 aromatic heterocycles. The van der Waals surface area contributed by atoms with Crippen LogP contribution in [0.5, 0.6) is 5.88 Å². The summed E-state index contributed by atoms with van der Waals surface area (Å²) in [5, 5.41) is 33.8. The number of aromatic hydroxyl groups is 1. The van der Waals surface area contributed by atoms with Crippen LogP contribution in [0, 0.1) is 0 Å². The quantitative estimate of drug-likeness (QED) is 0.459. The zero-order valence-electron chi connectivity index (χ0n) is 15.4. The SMILES string of the molecule is O=C(NC(Cc1ccc(-c2ccccc2)cc1)CC(O)C(=O)O)c1cc(O)no1. The van der Waals surface area contributed by atoms with E-state index in [9.17, 15) is 19.8 Å². The minimum Gasteiger partial charge on any atom is -0.491 e. The number of carbonyl (C=O) groups excluding carboxylic acids is 1. The van der Waals surface area contributed by atoms with Crippen LogP contribution in [0.1, 0.15) is 22.5 Å². The van der Waals surface area contributed by atoms with Crippen LogP contribution < -0.4 is 5.32 Å². The lowest BCUT2D eigenvalue weighted by Gasteiger charge is -2.20. The van der Waals surface area contributed by atoms with Crippen LogP contribution in [0.4, 0.5) is 0 Å². The number of nitrogens with zero attached hydrogens (tertiary/aromatic N) is 1. The van der Waals surface area contributed by atoms with Gasteiger partial charge in [0.25, 0.3) is 11.8 Å². The van der Waals surface area contributed by atoms with E-state index >= 15 is 0 Å². The predicted octanol–water partition coefficient (Wildman–Crippen LogP) is 2.22. The summed E-state index contributed by atoms with van der Waals surface area (Å²) in [6.45, 7) is 0. The zero-order chi connectivity index (χ0) is 20.8. The van der Waals surface area contributed by atoms with Crippen LogP contribution >= 0.6 is 0 Å². The van der Waals surface area contributed by atoms with Crippen molar-refractivity contribution in [3.05, 3.63) is 72.0 Å². The molecule has 8 nitrogen and oxygen atoms in total. The lowest BCUT2D eigenvalue weighted by Crippen LogP contribution is -2.40. The van der Waals surface area contributed by atoms with Gasteiger partial charge in [-0.15, -0.1) is 0 Å². The number of aliphatic hydroxyl groups excluding tert-OH is 1. The third-order valence-corrected chi connectivity index (χ3v) is 4.39. The highest BCUT2D eigenvalue weighted by Crippen LogP contribution is 2.20. The van der Waals surface area contributed by atoms with E-state index in [4.69, 9.17) is 9.63 Å². The summed E-state index contributed by atoms with van der Waals surface area (Å²) >= 11 is 0. The van der Waals surface area contributed by atoms with Gasteiger partial charge < -0.3 is 25.2 Å². The Hall–Kier alpha value is -3.65. The van der Waals surface area contributed by atoms with Crippen molar-refractivity contribution in [1.82, 2.24) is 10.5 Å². The fourth-order valence-electron chi connectivity index (χ4n) is 2.94. The highest BCUT2D eigenvalue weighted by atomic mass is 16.5. The molecule has 0 saturated heterocycles. The summed E-state index contributed by atoms with van der Waals surface area (Å²) in [7, 11) is 0. The van der Waals surface area contributed by atoms with Gasteiger partial charge in [0.1, 0.15) is 0 Å². The van der Waals surface area contributed by atoms with E-state index in [0.29, 0.717) is 6.42 Å². The highest BCUT2D eigenvalue weighted by molar-refractivity contribution is 5.91. The molecule has 0 bridgehead atoms. The van der Waals surface area contributed by atoms with Crippen LogP contribution in [0.25, 0.3) is 11.1 Å². The Balaban J connectivity index is 1.73. The van der Waals surface area contributed by atoms with E-state index in [0.717, 1.165) is 22.8 Å². The van der Waals surface area contributed by atoms with Crippen LogP contribution in [-0.2, 0) is 11.2 Å². The zero-order valence-corrected chi connectivity index (χ0v) is 15.4. The number of carbonyl (C=O) groups is 2.